The molecule has 8 heteroatoms. The molecule has 0 spiro atoms. The normalized spacial score (nSPS) is 17.1. The molecule has 1 aliphatic heterocycles. The van der Waals surface area contributed by atoms with Crippen molar-refractivity contribution in [2.24, 2.45) is 0 Å². The average Bonchev–Trinajstić information content (AvgIpc) is 2.88. The molecule has 2 heterocycles. The highest BCUT2D eigenvalue weighted by atomic mass is 32.2. The number of carbonyl (C=O) groups excluding carboxylic acids is 1. The third kappa shape index (κ3) is 3.57. The first-order valence-corrected chi connectivity index (χ1v) is 8.33. The van der Waals surface area contributed by atoms with Crippen LogP contribution < -0.4 is 4.72 Å². The van der Waals surface area contributed by atoms with Gasteiger partial charge in [0.15, 0.2) is 5.69 Å². The number of H-pyrrole nitrogens is 1. The molecule has 0 bridgehead atoms. The van der Waals surface area contributed by atoms with Crippen molar-refractivity contribution in [3.8, 4) is 0 Å². The lowest BCUT2D eigenvalue weighted by Crippen LogP contribution is -2.45. The summed E-state index contributed by atoms with van der Waals surface area (Å²) >= 11 is 0. The standard InChI is InChI=1S/C12H20N4O3S/c1-2-6-10-9-11(14-13-10)12(17)15-20(18,19)16-7-4-3-5-8-16/h9H,2-8H2,1H3,(H,13,14)(H,15,17). The Balaban J connectivity index is 2.02. The number of aryl methyl sites for hydroxylation is 1. The highest BCUT2D eigenvalue weighted by Crippen LogP contribution is 2.12. The predicted octanol–water partition coefficient (Wildman–Crippen LogP) is 0.823. The van der Waals surface area contributed by atoms with Crippen LogP contribution in [0.5, 0.6) is 0 Å². The second-order valence-electron chi connectivity index (χ2n) is 4.92. The summed E-state index contributed by atoms with van der Waals surface area (Å²) in [5.41, 5.74) is 0.932. The van der Waals surface area contributed by atoms with Gasteiger partial charge in [-0.05, 0) is 25.3 Å². The molecular formula is C12H20N4O3S. The summed E-state index contributed by atoms with van der Waals surface area (Å²) in [4.78, 5) is 11.9. The summed E-state index contributed by atoms with van der Waals surface area (Å²) in [5.74, 6) is -0.686. The molecule has 1 fully saturated rings. The Hall–Kier alpha value is -1.41. The van der Waals surface area contributed by atoms with E-state index in [0.29, 0.717) is 13.1 Å². The fourth-order valence-electron chi connectivity index (χ4n) is 2.21. The zero-order chi connectivity index (χ0) is 14.6. The van der Waals surface area contributed by atoms with E-state index >= 15 is 0 Å². The number of hydrogen-bond acceptors (Lipinski definition) is 4. The Labute approximate surface area is 118 Å². The largest absolute Gasteiger partial charge is 0.304 e. The third-order valence-corrected chi connectivity index (χ3v) is 4.75. The van der Waals surface area contributed by atoms with Gasteiger partial charge in [0.2, 0.25) is 0 Å². The molecule has 1 aromatic rings. The predicted molar refractivity (Wildman–Crippen MR) is 74.4 cm³/mol. The number of carbonyl (C=O) groups is 1. The lowest BCUT2D eigenvalue weighted by Gasteiger charge is -2.25. The van der Waals surface area contributed by atoms with Crippen molar-refractivity contribution >= 4 is 16.1 Å². The summed E-state index contributed by atoms with van der Waals surface area (Å²) in [7, 11) is -3.75. The maximum atomic E-state index is 12.1. The lowest BCUT2D eigenvalue weighted by molar-refractivity contribution is 0.0973. The first-order chi connectivity index (χ1) is 9.53. The number of hydrogen-bond donors (Lipinski definition) is 2. The molecule has 0 aromatic carbocycles. The maximum Gasteiger partial charge on any atom is 0.304 e. The topological polar surface area (TPSA) is 95.2 Å². The molecule has 0 saturated carbocycles. The van der Waals surface area contributed by atoms with Crippen LogP contribution in [0.25, 0.3) is 0 Å². The zero-order valence-corrected chi connectivity index (χ0v) is 12.4. The highest BCUT2D eigenvalue weighted by Gasteiger charge is 2.26. The fraction of sp³-hybridized carbons (Fsp3) is 0.667. The van der Waals surface area contributed by atoms with E-state index in [-0.39, 0.29) is 5.69 Å². The van der Waals surface area contributed by atoms with Crippen molar-refractivity contribution in [2.75, 3.05) is 13.1 Å². The van der Waals surface area contributed by atoms with Crippen molar-refractivity contribution < 1.29 is 13.2 Å². The van der Waals surface area contributed by atoms with Crippen LogP contribution in [0.3, 0.4) is 0 Å². The first kappa shape index (κ1) is 15.0. The number of aromatic nitrogens is 2. The van der Waals surface area contributed by atoms with E-state index in [1.807, 2.05) is 6.92 Å². The van der Waals surface area contributed by atoms with E-state index in [4.69, 9.17) is 0 Å². The Morgan fingerprint density at radius 2 is 2.10 bits per heavy atom. The number of amides is 1. The molecule has 20 heavy (non-hydrogen) atoms. The van der Waals surface area contributed by atoms with E-state index in [1.165, 1.54) is 4.31 Å². The van der Waals surface area contributed by atoms with Crippen LogP contribution >= 0.6 is 0 Å². The van der Waals surface area contributed by atoms with Crippen LogP contribution in [-0.2, 0) is 16.6 Å². The van der Waals surface area contributed by atoms with Gasteiger partial charge in [-0.3, -0.25) is 9.89 Å². The molecule has 1 aliphatic rings. The first-order valence-electron chi connectivity index (χ1n) is 6.89. The fourth-order valence-corrected chi connectivity index (χ4v) is 3.42. The van der Waals surface area contributed by atoms with E-state index in [9.17, 15) is 13.2 Å². The van der Waals surface area contributed by atoms with Crippen molar-refractivity contribution in [3.05, 3.63) is 17.5 Å². The summed E-state index contributed by atoms with van der Waals surface area (Å²) < 4.78 is 27.5. The van der Waals surface area contributed by atoms with Crippen LogP contribution in [0.2, 0.25) is 0 Å². The van der Waals surface area contributed by atoms with Crippen LogP contribution in [0, 0.1) is 0 Å². The SMILES string of the molecule is CCCc1cc(C(=O)NS(=O)(=O)N2CCCCC2)n[nH]1. The Morgan fingerprint density at radius 3 is 2.75 bits per heavy atom. The Bertz CT molecular complexity index is 561. The minimum absolute atomic E-state index is 0.106. The summed E-state index contributed by atoms with van der Waals surface area (Å²) in [6.07, 6.45) is 4.39. The van der Waals surface area contributed by atoms with Gasteiger partial charge in [0.1, 0.15) is 0 Å². The van der Waals surface area contributed by atoms with Crippen LogP contribution in [0.4, 0.5) is 0 Å². The van der Waals surface area contributed by atoms with Crippen LogP contribution in [0.1, 0.15) is 48.8 Å². The summed E-state index contributed by atoms with van der Waals surface area (Å²) in [6.45, 7) is 2.94. The van der Waals surface area contributed by atoms with Gasteiger partial charge in [0, 0.05) is 18.8 Å². The maximum absolute atomic E-state index is 12.1. The lowest BCUT2D eigenvalue weighted by atomic mass is 10.2. The average molecular weight is 300 g/mol. The van der Waals surface area contributed by atoms with Gasteiger partial charge in [-0.2, -0.15) is 17.8 Å². The zero-order valence-electron chi connectivity index (χ0n) is 11.6. The van der Waals surface area contributed by atoms with Crippen molar-refractivity contribution in [2.45, 2.75) is 39.0 Å². The van der Waals surface area contributed by atoms with Gasteiger partial charge >= 0.3 is 10.2 Å². The molecule has 0 radical (unpaired) electrons. The monoisotopic (exact) mass is 300 g/mol. The van der Waals surface area contributed by atoms with Gasteiger partial charge in [-0.25, -0.2) is 4.72 Å². The van der Waals surface area contributed by atoms with E-state index < -0.39 is 16.1 Å². The second kappa shape index (κ2) is 6.36. The van der Waals surface area contributed by atoms with E-state index in [2.05, 4.69) is 14.9 Å². The minimum atomic E-state index is -3.75. The summed E-state index contributed by atoms with van der Waals surface area (Å²) in [5, 5.41) is 6.58. The van der Waals surface area contributed by atoms with Crippen molar-refractivity contribution in [1.82, 2.24) is 19.2 Å². The second-order valence-corrected chi connectivity index (χ2v) is 6.60. The van der Waals surface area contributed by atoms with Gasteiger partial charge in [0.05, 0.1) is 0 Å². The number of nitrogens with one attached hydrogen (secondary N) is 2. The molecular weight excluding hydrogens is 280 g/mol. The number of nitrogens with zero attached hydrogens (tertiary/aromatic N) is 2. The summed E-state index contributed by atoms with van der Waals surface area (Å²) in [6, 6.07) is 1.59. The van der Waals surface area contributed by atoms with Gasteiger partial charge in [-0.1, -0.05) is 19.8 Å². The number of rotatable bonds is 5. The molecule has 2 rings (SSSR count). The molecule has 0 atom stereocenters. The molecule has 112 valence electrons. The Morgan fingerprint density at radius 1 is 1.40 bits per heavy atom. The Kier molecular flexibility index (Phi) is 4.77. The molecule has 1 aromatic heterocycles. The number of aromatic amines is 1. The molecule has 0 aliphatic carbocycles. The van der Waals surface area contributed by atoms with Gasteiger partial charge < -0.3 is 0 Å². The van der Waals surface area contributed by atoms with E-state index in [1.54, 1.807) is 6.07 Å². The van der Waals surface area contributed by atoms with Gasteiger partial charge in [0.25, 0.3) is 5.91 Å². The molecule has 0 unspecified atom stereocenters. The van der Waals surface area contributed by atoms with Crippen LogP contribution in [0.15, 0.2) is 6.07 Å². The minimum Gasteiger partial charge on any atom is -0.282 e. The molecule has 2 N–H and O–H groups in total. The quantitative estimate of drug-likeness (QED) is 0.841. The van der Waals surface area contributed by atoms with Crippen LogP contribution in [-0.4, -0.2) is 41.9 Å². The van der Waals surface area contributed by atoms with E-state index in [0.717, 1.165) is 37.8 Å². The smallest absolute Gasteiger partial charge is 0.282 e. The molecule has 1 amide bonds. The van der Waals surface area contributed by atoms with Gasteiger partial charge in [-0.15, -0.1) is 0 Å². The van der Waals surface area contributed by atoms with Crippen molar-refractivity contribution in [1.29, 1.82) is 0 Å². The number of piperidine rings is 1. The molecule has 1 saturated heterocycles. The van der Waals surface area contributed by atoms with Crippen molar-refractivity contribution in [3.63, 3.8) is 0 Å². The molecule has 7 nitrogen and oxygen atoms in total. The third-order valence-electron chi connectivity index (χ3n) is 3.26. The highest BCUT2D eigenvalue weighted by molar-refractivity contribution is 7.87.